The third-order valence-corrected chi connectivity index (χ3v) is 3.57. The van der Waals surface area contributed by atoms with Gasteiger partial charge in [-0.05, 0) is 16.3 Å². The lowest BCUT2D eigenvalue weighted by Crippen LogP contribution is -2.24. The van der Waals surface area contributed by atoms with E-state index in [9.17, 15) is 5.11 Å². The molecule has 1 aliphatic heterocycles. The third kappa shape index (κ3) is 1.90. The number of ether oxygens (including phenoxy) is 1. The van der Waals surface area contributed by atoms with E-state index in [1.807, 2.05) is 24.3 Å². The highest BCUT2D eigenvalue weighted by molar-refractivity contribution is 5.86. The molecular weight excluding hydrogens is 228 g/mol. The van der Waals surface area contributed by atoms with Crippen molar-refractivity contribution in [3.05, 3.63) is 48.0 Å². The predicted octanol–water partition coefficient (Wildman–Crippen LogP) is 2.02. The summed E-state index contributed by atoms with van der Waals surface area (Å²) in [7, 11) is 0. The monoisotopic (exact) mass is 244 g/mol. The molecule has 0 radical (unpaired) electrons. The fourth-order valence-corrected chi connectivity index (χ4v) is 2.62. The van der Waals surface area contributed by atoms with Crippen LogP contribution in [0.5, 0.6) is 0 Å². The molecule has 3 nitrogen and oxygen atoms in total. The lowest BCUT2D eigenvalue weighted by atomic mass is 9.98. The second kappa shape index (κ2) is 4.69. The van der Waals surface area contributed by atoms with Crippen molar-refractivity contribution >= 4 is 10.8 Å². The van der Waals surface area contributed by atoms with Crippen LogP contribution < -0.4 is 0 Å². The van der Waals surface area contributed by atoms with Gasteiger partial charge in [-0.15, -0.1) is 0 Å². The standard InChI is InChI=1S/C15H16O3/c16-9-15-13(17)8-14(18-15)12-7-3-5-10-4-1-2-6-11(10)12/h1-7,13-17H,8-9H2/t13?,14-,15-/m1/s1. The molecule has 1 aliphatic rings. The van der Waals surface area contributed by atoms with Gasteiger partial charge in [-0.1, -0.05) is 42.5 Å². The van der Waals surface area contributed by atoms with Gasteiger partial charge in [-0.3, -0.25) is 0 Å². The van der Waals surface area contributed by atoms with Crippen molar-refractivity contribution in [2.45, 2.75) is 24.7 Å². The van der Waals surface area contributed by atoms with Crippen LogP contribution in [0.15, 0.2) is 42.5 Å². The van der Waals surface area contributed by atoms with Gasteiger partial charge < -0.3 is 14.9 Å². The SMILES string of the molecule is OC[C@H]1O[C@@H](c2cccc3ccccc23)CC1O. The number of fused-ring (bicyclic) bond motifs is 1. The summed E-state index contributed by atoms with van der Waals surface area (Å²) in [5.41, 5.74) is 1.09. The summed E-state index contributed by atoms with van der Waals surface area (Å²) in [5.74, 6) is 0. The van der Waals surface area contributed by atoms with E-state index in [1.54, 1.807) is 0 Å². The maximum atomic E-state index is 9.81. The lowest BCUT2D eigenvalue weighted by molar-refractivity contribution is -0.0222. The fourth-order valence-electron chi connectivity index (χ4n) is 2.62. The van der Waals surface area contributed by atoms with Crippen molar-refractivity contribution in [2.24, 2.45) is 0 Å². The first-order valence-electron chi connectivity index (χ1n) is 6.21. The molecule has 0 bridgehead atoms. The molecule has 0 amide bonds. The van der Waals surface area contributed by atoms with Gasteiger partial charge in [0.05, 0.1) is 18.8 Å². The Kier molecular flexibility index (Phi) is 3.04. The zero-order valence-electron chi connectivity index (χ0n) is 9.99. The summed E-state index contributed by atoms with van der Waals surface area (Å²) >= 11 is 0. The van der Waals surface area contributed by atoms with Crippen LogP contribution in [-0.4, -0.2) is 29.0 Å². The van der Waals surface area contributed by atoms with E-state index in [0.717, 1.165) is 10.9 Å². The molecule has 3 heteroatoms. The molecule has 2 N–H and O–H groups in total. The minimum absolute atomic E-state index is 0.136. The van der Waals surface area contributed by atoms with Crippen molar-refractivity contribution in [1.29, 1.82) is 0 Å². The topological polar surface area (TPSA) is 49.7 Å². The van der Waals surface area contributed by atoms with E-state index in [0.29, 0.717) is 6.42 Å². The van der Waals surface area contributed by atoms with E-state index < -0.39 is 12.2 Å². The number of aliphatic hydroxyl groups is 2. The number of aliphatic hydroxyl groups excluding tert-OH is 2. The Morgan fingerprint density at radius 3 is 2.67 bits per heavy atom. The lowest BCUT2D eigenvalue weighted by Gasteiger charge is -2.14. The molecule has 1 saturated heterocycles. The number of hydrogen-bond acceptors (Lipinski definition) is 3. The molecule has 1 heterocycles. The van der Waals surface area contributed by atoms with E-state index in [-0.39, 0.29) is 12.7 Å². The van der Waals surface area contributed by atoms with Gasteiger partial charge in [-0.2, -0.15) is 0 Å². The van der Waals surface area contributed by atoms with Crippen LogP contribution in [0.1, 0.15) is 18.1 Å². The first-order chi connectivity index (χ1) is 8.79. The highest BCUT2D eigenvalue weighted by Gasteiger charge is 2.34. The molecule has 94 valence electrons. The highest BCUT2D eigenvalue weighted by atomic mass is 16.5. The molecule has 0 aromatic heterocycles. The summed E-state index contributed by atoms with van der Waals surface area (Å²) in [6.07, 6.45) is -0.643. The van der Waals surface area contributed by atoms with Crippen LogP contribution in [0.4, 0.5) is 0 Å². The summed E-state index contributed by atoms with van der Waals surface area (Å²) < 4.78 is 5.72. The highest BCUT2D eigenvalue weighted by Crippen LogP contribution is 2.36. The van der Waals surface area contributed by atoms with Crippen molar-refractivity contribution in [3.8, 4) is 0 Å². The van der Waals surface area contributed by atoms with Crippen molar-refractivity contribution in [2.75, 3.05) is 6.61 Å². The molecule has 3 rings (SSSR count). The van der Waals surface area contributed by atoms with Gasteiger partial charge in [0.25, 0.3) is 0 Å². The van der Waals surface area contributed by atoms with Gasteiger partial charge in [0.2, 0.25) is 0 Å². The van der Waals surface area contributed by atoms with Crippen molar-refractivity contribution in [3.63, 3.8) is 0 Å². The second-order valence-corrected chi connectivity index (χ2v) is 4.72. The maximum absolute atomic E-state index is 9.81. The molecule has 2 aromatic rings. The smallest absolute Gasteiger partial charge is 0.107 e. The molecule has 0 saturated carbocycles. The normalized spacial score (nSPS) is 27.8. The summed E-state index contributed by atoms with van der Waals surface area (Å²) in [6.45, 7) is -0.136. The van der Waals surface area contributed by atoms with Crippen molar-refractivity contribution in [1.82, 2.24) is 0 Å². The minimum Gasteiger partial charge on any atom is -0.394 e. The summed E-state index contributed by atoms with van der Waals surface area (Å²) in [5, 5.41) is 21.3. The van der Waals surface area contributed by atoms with Gasteiger partial charge >= 0.3 is 0 Å². The predicted molar refractivity (Wildman–Crippen MR) is 69.3 cm³/mol. The molecular formula is C15H16O3. The Morgan fingerprint density at radius 2 is 1.89 bits per heavy atom. The molecule has 0 spiro atoms. The Bertz CT molecular complexity index is 547. The van der Waals surface area contributed by atoms with Gasteiger partial charge in [-0.25, -0.2) is 0 Å². The van der Waals surface area contributed by atoms with Crippen molar-refractivity contribution < 1.29 is 14.9 Å². The molecule has 18 heavy (non-hydrogen) atoms. The summed E-state index contributed by atoms with van der Waals surface area (Å²) in [6, 6.07) is 14.2. The van der Waals surface area contributed by atoms with Gasteiger partial charge in [0, 0.05) is 6.42 Å². The van der Waals surface area contributed by atoms with E-state index >= 15 is 0 Å². The van der Waals surface area contributed by atoms with Crippen LogP contribution in [0.3, 0.4) is 0 Å². The van der Waals surface area contributed by atoms with E-state index in [4.69, 9.17) is 9.84 Å². The Morgan fingerprint density at radius 1 is 1.11 bits per heavy atom. The molecule has 1 fully saturated rings. The number of hydrogen-bond donors (Lipinski definition) is 2. The fraction of sp³-hybridized carbons (Fsp3) is 0.333. The summed E-state index contributed by atoms with van der Waals surface area (Å²) in [4.78, 5) is 0. The second-order valence-electron chi connectivity index (χ2n) is 4.72. The van der Waals surface area contributed by atoms with E-state index in [2.05, 4.69) is 18.2 Å². The molecule has 3 atom stereocenters. The zero-order chi connectivity index (χ0) is 12.5. The average Bonchev–Trinajstić information content (AvgIpc) is 2.79. The van der Waals surface area contributed by atoms with E-state index in [1.165, 1.54) is 5.39 Å². The van der Waals surface area contributed by atoms with Crippen LogP contribution in [0.2, 0.25) is 0 Å². The molecule has 0 aliphatic carbocycles. The first kappa shape index (κ1) is 11.7. The largest absolute Gasteiger partial charge is 0.394 e. The third-order valence-electron chi connectivity index (χ3n) is 3.57. The minimum atomic E-state index is -0.584. The maximum Gasteiger partial charge on any atom is 0.107 e. The van der Waals surface area contributed by atoms with Gasteiger partial charge in [0.1, 0.15) is 6.10 Å². The van der Waals surface area contributed by atoms with Crippen LogP contribution in [-0.2, 0) is 4.74 Å². The average molecular weight is 244 g/mol. The Labute approximate surface area is 106 Å². The molecule has 2 aromatic carbocycles. The van der Waals surface area contributed by atoms with Crippen LogP contribution in [0.25, 0.3) is 10.8 Å². The van der Waals surface area contributed by atoms with Crippen LogP contribution in [0, 0.1) is 0 Å². The van der Waals surface area contributed by atoms with Crippen LogP contribution >= 0.6 is 0 Å². The number of benzene rings is 2. The Hall–Kier alpha value is -1.42. The zero-order valence-corrected chi connectivity index (χ0v) is 9.99. The quantitative estimate of drug-likeness (QED) is 0.849. The Balaban J connectivity index is 2.00. The van der Waals surface area contributed by atoms with Gasteiger partial charge in [0.15, 0.2) is 0 Å². The number of rotatable bonds is 2. The first-order valence-corrected chi connectivity index (χ1v) is 6.21. The molecule has 1 unspecified atom stereocenters.